The van der Waals surface area contributed by atoms with E-state index in [0.29, 0.717) is 12.4 Å². The highest BCUT2D eigenvalue weighted by Crippen LogP contribution is 2.34. The van der Waals surface area contributed by atoms with Gasteiger partial charge in [0.25, 0.3) is 0 Å². The number of hydrogen-bond acceptors (Lipinski definition) is 3. The van der Waals surface area contributed by atoms with Crippen LogP contribution in [0.5, 0.6) is 11.5 Å². The summed E-state index contributed by atoms with van der Waals surface area (Å²) in [5.74, 6) is 1.42. The molecule has 2 aromatic carbocycles. The summed E-state index contributed by atoms with van der Waals surface area (Å²) in [7, 11) is 0. The Morgan fingerprint density at radius 2 is 1.70 bits per heavy atom. The van der Waals surface area contributed by atoms with Crippen molar-refractivity contribution in [3.05, 3.63) is 59.2 Å². The molecule has 3 heteroatoms. The fourth-order valence-corrected chi connectivity index (χ4v) is 2.59. The maximum Gasteiger partial charge on any atom is 0.163 e. The van der Waals surface area contributed by atoms with Gasteiger partial charge in [-0.3, -0.25) is 0 Å². The highest BCUT2D eigenvalue weighted by atomic mass is 16.6. The van der Waals surface area contributed by atoms with Gasteiger partial charge in [0.1, 0.15) is 12.7 Å². The molecule has 0 saturated carbocycles. The third-order valence-electron chi connectivity index (χ3n) is 3.47. The standard InChI is InChI=1S/C17H18O3/c1-11-7-12(2)9-13(8-11)17(18)16-10-19-14-5-3-4-6-15(14)20-16/h3-9,16-18H,10H2,1-2H3. The molecule has 1 aliphatic rings. The van der Waals surface area contributed by atoms with E-state index in [4.69, 9.17) is 9.47 Å². The molecular weight excluding hydrogens is 252 g/mol. The van der Waals surface area contributed by atoms with Crippen LogP contribution in [-0.2, 0) is 0 Å². The van der Waals surface area contributed by atoms with Crippen LogP contribution in [0, 0.1) is 13.8 Å². The van der Waals surface area contributed by atoms with E-state index in [1.165, 1.54) is 0 Å². The van der Waals surface area contributed by atoms with Crippen LogP contribution >= 0.6 is 0 Å². The van der Waals surface area contributed by atoms with Crippen molar-refractivity contribution in [1.82, 2.24) is 0 Å². The number of para-hydroxylation sites is 2. The Morgan fingerprint density at radius 1 is 1.05 bits per heavy atom. The van der Waals surface area contributed by atoms with Crippen molar-refractivity contribution < 1.29 is 14.6 Å². The third-order valence-corrected chi connectivity index (χ3v) is 3.47. The average molecular weight is 270 g/mol. The summed E-state index contributed by atoms with van der Waals surface area (Å²) >= 11 is 0. The second-order valence-corrected chi connectivity index (χ2v) is 5.28. The molecule has 3 rings (SSSR count). The van der Waals surface area contributed by atoms with Gasteiger partial charge in [0.05, 0.1) is 0 Å². The van der Waals surface area contributed by atoms with Crippen molar-refractivity contribution in [2.75, 3.05) is 6.61 Å². The van der Waals surface area contributed by atoms with E-state index in [-0.39, 0.29) is 6.10 Å². The van der Waals surface area contributed by atoms with E-state index in [1.807, 2.05) is 50.2 Å². The van der Waals surface area contributed by atoms with Gasteiger partial charge in [-0.05, 0) is 31.5 Å². The van der Waals surface area contributed by atoms with Crippen molar-refractivity contribution in [1.29, 1.82) is 0 Å². The Bertz CT molecular complexity index is 601. The Hall–Kier alpha value is -2.00. The van der Waals surface area contributed by atoms with E-state index in [1.54, 1.807) is 0 Å². The van der Waals surface area contributed by atoms with E-state index in [2.05, 4.69) is 6.07 Å². The van der Waals surface area contributed by atoms with E-state index < -0.39 is 6.10 Å². The SMILES string of the molecule is Cc1cc(C)cc(C(O)C2COc3ccccc3O2)c1. The molecule has 2 atom stereocenters. The monoisotopic (exact) mass is 270 g/mol. The number of rotatable bonds is 2. The highest BCUT2D eigenvalue weighted by molar-refractivity contribution is 5.41. The van der Waals surface area contributed by atoms with Crippen molar-refractivity contribution in [2.45, 2.75) is 26.1 Å². The predicted octanol–water partition coefficient (Wildman–Crippen LogP) is 3.18. The number of fused-ring (bicyclic) bond motifs is 1. The molecule has 0 saturated heterocycles. The van der Waals surface area contributed by atoms with Crippen LogP contribution in [-0.4, -0.2) is 17.8 Å². The largest absolute Gasteiger partial charge is 0.486 e. The summed E-state index contributed by atoms with van der Waals surface area (Å²) in [6.45, 7) is 4.40. The van der Waals surface area contributed by atoms with Crippen molar-refractivity contribution in [3.8, 4) is 11.5 Å². The van der Waals surface area contributed by atoms with E-state index in [0.717, 1.165) is 22.4 Å². The molecule has 0 fully saturated rings. The lowest BCUT2D eigenvalue weighted by atomic mass is 9.99. The Kier molecular flexibility index (Phi) is 3.36. The molecule has 1 N–H and O–H groups in total. The molecule has 2 unspecified atom stereocenters. The number of hydrogen-bond donors (Lipinski definition) is 1. The molecule has 2 aromatic rings. The predicted molar refractivity (Wildman–Crippen MR) is 77.2 cm³/mol. The summed E-state index contributed by atoms with van der Waals surface area (Å²) < 4.78 is 11.5. The van der Waals surface area contributed by atoms with Crippen molar-refractivity contribution in [3.63, 3.8) is 0 Å². The van der Waals surface area contributed by atoms with Crippen LogP contribution in [0.4, 0.5) is 0 Å². The Balaban J connectivity index is 1.83. The third kappa shape index (κ3) is 2.49. The highest BCUT2D eigenvalue weighted by Gasteiger charge is 2.28. The molecule has 0 aliphatic carbocycles. The van der Waals surface area contributed by atoms with Gasteiger partial charge in [-0.1, -0.05) is 41.5 Å². The number of aliphatic hydroxyl groups is 1. The summed E-state index contributed by atoms with van der Waals surface area (Å²) in [6.07, 6.45) is -1.08. The Labute approximate surface area is 118 Å². The lowest BCUT2D eigenvalue weighted by Crippen LogP contribution is -2.34. The summed E-state index contributed by atoms with van der Waals surface area (Å²) in [4.78, 5) is 0. The maximum absolute atomic E-state index is 10.5. The van der Waals surface area contributed by atoms with Crippen LogP contribution in [0.3, 0.4) is 0 Å². The first-order valence-electron chi connectivity index (χ1n) is 6.78. The minimum Gasteiger partial charge on any atom is -0.486 e. The smallest absolute Gasteiger partial charge is 0.163 e. The fourth-order valence-electron chi connectivity index (χ4n) is 2.59. The van der Waals surface area contributed by atoms with Crippen molar-refractivity contribution >= 4 is 0 Å². The van der Waals surface area contributed by atoms with Crippen LogP contribution in [0.1, 0.15) is 22.8 Å². The minimum absolute atomic E-state index is 0.352. The molecular formula is C17H18O3. The zero-order chi connectivity index (χ0) is 14.1. The first-order chi connectivity index (χ1) is 9.63. The molecule has 20 heavy (non-hydrogen) atoms. The number of benzene rings is 2. The summed E-state index contributed by atoms with van der Waals surface area (Å²) in [5.41, 5.74) is 3.14. The topological polar surface area (TPSA) is 38.7 Å². The van der Waals surface area contributed by atoms with Crippen LogP contribution in [0.25, 0.3) is 0 Å². The minimum atomic E-state index is -0.693. The molecule has 104 valence electrons. The van der Waals surface area contributed by atoms with Crippen LogP contribution < -0.4 is 9.47 Å². The lowest BCUT2D eigenvalue weighted by molar-refractivity contribution is -0.0113. The quantitative estimate of drug-likeness (QED) is 0.911. The number of aliphatic hydroxyl groups excluding tert-OH is 1. The summed E-state index contributed by atoms with van der Waals surface area (Å²) in [5, 5.41) is 10.5. The first kappa shape index (κ1) is 13.0. The zero-order valence-corrected chi connectivity index (χ0v) is 11.7. The van der Waals surface area contributed by atoms with E-state index in [9.17, 15) is 5.11 Å². The molecule has 0 radical (unpaired) electrons. The van der Waals surface area contributed by atoms with Gasteiger partial charge < -0.3 is 14.6 Å². The average Bonchev–Trinajstić information content (AvgIpc) is 2.45. The van der Waals surface area contributed by atoms with Crippen molar-refractivity contribution in [2.24, 2.45) is 0 Å². The van der Waals surface area contributed by atoms with Crippen LogP contribution in [0.15, 0.2) is 42.5 Å². The van der Waals surface area contributed by atoms with Crippen LogP contribution in [0.2, 0.25) is 0 Å². The van der Waals surface area contributed by atoms with Gasteiger partial charge in [0, 0.05) is 0 Å². The molecule has 3 nitrogen and oxygen atoms in total. The lowest BCUT2D eigenvalue weighted by Gasteiger charge is -2.30. The number of aryl methyl sites for hydroxylation is 2. The van der Waals surface area contributed by atoms with Gasteiger partial charge in [-0.25, -0.2) is 0 Å². The molecule has 1 heterocycles. The fraction of sp³-hybridized carbons (Fsp3) is 0.294. The molecule has 0 amide bonds. The van der Waals surface area contributed by atoms with E-state index >= 15 is 0 Å². The normalized spacial score (nSPS) is 18.6. The first-order valence-corrected chi connectivity index (χ1v) is 6.78. The second kappa shape index (κ2) is 5.17. The van der Waals surface area contributed by atoms with Gasteiger partial charge in [-0.2, -0.15) is 0 Å². The summed E-state index contributed by atoms with van der Waals surface area (Å²) in [6, 6.07) is 13.6. The molecule has 0 spiro atoms. The van der Waals surface area contributed by atoms with Gasteiger partial charge in [0.2, 0.25) is 0 Å². The second-order valence-electron chi connectivity index (χ2n) is 5.28. The molecule has 0 aromatic heterocycles. The molecule has 1 aliphatic heterocycles. The maximum atomic E-state index is 10.5. The number of ether oxygens (including phenoxy) is 2. The Morgan fingerprint density at radius 3 is 2.40 bits per heavy atom. The zero-order valence-electron chi connectivity index (χ0n) is 11.7. The van der Waals surface area contributed by atoms with Gasteiger partial charge in [0.15, 0.2) is 17.6 Å². The molecule has 0 bridgehead atoms. The van der Waals surface area contributed by atoms with Gasteiger partial charge in [-0.15, -0.1) is 0 Å². The van der Waals surface area contributed by atoms with Gasteiger partial charge >= 0.3 is 0 Å².